The molecule has 0 bridgehead atoms. The third-order valence-corrected chi connectivity index (χ3v) is 2.65. The summed E-state index contributed by atoms with van der Waals surface area (Å²) in [6, 6.07) is 0. The predicted molar refractivity (Wildman–Crippen MR) is 69.8 cm³/mol. The van der Waals surface area contributed by atoms with Crippen LogP contribution in [0.15, 0.2) is 0 Å². The molecular formula is C14H26O4. The molecule has 0 heterocycles. The fraction of sp³-hybridized carbons (Fsp3) is 0.857. The van der Waals surface area contributed by atoms with Crippen LogP contribution in [-0.2, 0) is 19.1 Å². The van der Waals surface area contributed by atoms with Crippen molar-refractivity contribution in [3.05, 3.63) is 0 Å². The van der Waals surface area contributed by atoms with E-state index in [0.717, 1.165) is 25.7 Å². The smallest absolute Gasteiger partial charge is 0.314 e. The number of hydrogen-bond acceptors (Lipinski definition) is 4. The Morgan fingerprint density at radius 2 is 1.72 bits per heavy atom. The van der Waals surface area contributed by atoms with Gasteiger partial charge in [-0.05, 0) is 27.2 Å². The molecule has 0 aromatic heterocycles. The van der Waals surface area contributed by atoms with Gasteiger partial charge in [0.1, 0.15) is 0 Å². The largest absolute Gasteiger partial charge is 0.428 e. The van der Waals surface area contributed by atoms with Gasteiger partial charge in [0.2, 0.25) is 6.79 Å². The van der Waals surface area contributed by atoms with Gasteiger partial charge >= 0.3 is 11.9 Å². The van der Waals surface area contributed by atoms with E-state index in [1.807, 2.05) is 6.92 Å². The fourth-order valence-corrected chi connectivity index (χ4v) is 1.32. The van der Waals surface area contributed by atoms with E-state index in [4.69, 9.17) is 9.47 Å². The Hall–Kier alpha value is -1.06. The number of carbonyl (C=O) groups is 2. The first kappa shape index (κ1) is 16.9. The molecule has 0 N–H and O–H groups in total. The highest BCUT2D eigenvalue weighted by Gasteiger charge is 2.23. The van der Waals surface area contributed by atoms with Gasteiger partial charge in [0.05, 0.1) is 11.3 Å². The maximum Gasteiger partial charge on any atom is 0.314 e. The second-order valence-corrected chi connectivity index (χ2v) is 5.66. The molecule has 1 unspecified atom stereocenters. The monoisotopic (exact) mass is 258 g/mol. The minimum atomic E-state index is -0.570. The lowest BCUT2D eigenvalue weighted by Crippen LogP contribution is -2.25. The van der Waals surface area contributed by atoms with E-state index in [0.29, 0.717) is 0 Å². The van der Waals surface area contributed by atoms with Crippen LogP contribution < -0.4 is 0 Å². The molecule has 0 radical (unpaired) electrons. The van der Waals surface area contributed by atoms with Gasteiger partial charge in [-0.15, -0.1) is 0 Å². The Bertz CT molecular complexity index is 265. The molecule has 1 atom stereocenters. The van der Waals surface area contributed by atoms with Crippen LogP contribution in [0.4, 0.5) is 0 Å². The fourth-order valence-electron chi connectivity index (χ4n) is 1.32. The van der Waals surface area contributed by atoms with Crippen molar-refractivity contribution in [3.63, 3.8) is 0 Å². The van der Waals surface area contributed by atoms with Gasteiger partial charge in [0.25, 0.3) is 0 Å². The first-order chi connectivity index (χ1) is 8.29. The summed E-state index contributed by atoms with van der Waals surface area (Å²) in [7, 11) is 0. The van der Waals surface area contributed by atoms with E-state index in [1.165, 1.54) is 0 Å². The van der Waals surface area contributed by atoms with Crippen molar-refractivity contribution in [2.24, 2.45) is 11.3 Å². The van der Waals surface area contributed by atoms with Gasteiger partial charge < -0.3 is 9.47 Å². The molecule has 4 heteroatoms. The van der Waals surface area contributed by atoms with Crippen LogP contribution >= 0.6 is 0 Å². The highest BCUT2D eigenvalue weighted by atomic mass is 16.7. The van der Waals surface area contributed by atoms with Crippen LogP contribution in [0.1, 0.15) is 60.3 Å². The lowest BCUT2D eigenvalue weighted by Gasteiger charge is -2.17. The van der Waals surface area contributed by atoms with Gasteiger partial charge in [-0.25, -0.2) is 0 Å². The lowest BCUT2D eigenvalue weighted by molar-refractivity contribution is -0.175. The van der Waals surface area contributed by atoms with E-state index < -0.39 is 5.41 Å². The topological polar surface area (TPSA) is 52.6 Å². The second kappa shape index (κ2) is 8.11. The van der Waals surface area contributed by atoms with Gasteiger partial charge in [-0.1, -0.05) is 33.1 Å². The molecule has 0 aliphatic rings. The maximum absolute atomic E-state index is 11.6. The van der Waals surface area contributed by atoms with Crippen molar-refractivity contribution in [1.82, 2.24) is 0 Å². The van der Waals surface area contributed by atoms with Crippen molar-refractivity contribution in [1.29, 1.82) is 0 Å². The first-order valence-electron chi connectivity index (χ1n) is 6.63. The summed E-state index contributed by atoms with van der Waals surface area (Å²) in [5.41, 5.74) is -0.570. The van der Waals surface area contributed by atoms with Crippen LogP contribution in [-0.4, -0.2) is 18.7 Å². The van der Waals surface area contributed by atoms with Crippen molar-refractivity contribution in [2.75, 3.05) is 6.79 Å². The summed E-state index contributed by atoms with van der Waals surface area (Å²) >= 11 is 0. The van der Waals surface area contributed by atoms with Crippen molar-refractivity contribution < 1.29 is 19.1 Å². The van der Waals surface area contributed by atoms with Crippen LogP contribution in [0.3, 0.4) is 0 Å². The number of hydrogen-bond donors (Lipinski definition) is 0. The molecule has 0 spiro atoms. The highest BCUT2D eigenvalue weighted by molar-refractivity contribution is 5.75. The quantitative estimate of drug-likeness (QED) is 0.399. The Morgan fingerprint density at radius 3 is 2.22 bits per heavy atom. The van der Waals surface area contributed by atoms with Gasteiger partial charge in [-0.2, -0.15) is 0 Å². The average Bonchev–Trinajstić information content (AvgIpc) is 2.27. The molecule has 0 rings (SSSR count). The number of esters is 2. The summed E-state index contributed by atoms with van der Waals surface area (Å²) < 4.78 is 9.79. The van der Waals surface area contributed by atoms with Crippen LogP contribution in [0.2, 0.25) is 0 Å². The zero-order chi connectivity index (χ0) is 14.2. The Kier molecular flexibility index (Phi) is 7.64. The van der Waals surface area contributed by atoms with Crippen molar-refractivity contribution in [2.45, 2.75) is 60.3 Å². The van der Waals surface area contributed by atoms with E-state index >= 15 is 0 Å². The molecule has 18 heavy (non-hydrogen) atoms. The molecule has 4 nitrogen and oxygen atoms in total. The van der Waals surface area contributed by atoms with Gasteiger partial charge in [0, 0.05) is 0 Å². The molecule has 0 aromatic carbocycles. The minimum absolute atomic E-state index is 0.134. The van der Waals surface area contributed by atoms with Crippen LogP contribution in [0.25, 0.3) is 0 Å². The Morgan fingerprint density at radius 1 is 1.11 bits per heavy atom. The molecule has 0 aromatic rings. The first-order valence-corrected chi connectivity index (χ1v) is 6.63. The van der Waals surface area contributed by atoms with Crippen LogP contribution in [0, 0.1) is 11.3 Å². The van der Waals surface area contributed by atoms with Gasteiger partial charge in [-0.3, -0.25) is 9.59 Å². The van der Waals surface area contributed by atoms with Gasteiger partial charge in [0.15, 0.2) is 0 Å². The molecule has 106 valence electrons. The van der Waals surface area contributed by atoms with E-state index in [2.05, 4.69) is 6.92 Å². The van der Waals surface area contributed by atoms with Crippen molar-refractivity contribution >= 4 is 11.9 Å². The van der Waals surface area contributed by atoms with E-state index in [1.54, 1.807) is 20.8 Å². The standard InChI is InChI=1S/C14H26O4/c1-6-7-8-9-11(2)12(15)17-10-18-13(16)14(3,4)5/h11H,6-10H2,1-5H3. The van der Waals surface area contributed by atoms with E-state index in [-0.39, 0.29) is 24.6 Å². The number of ether oxygens (including phenoxy) is 2. The third kappa shape index (κ3) is 7.30. The normalized spacial score (nSPS) is 12.9. The summed E-state index contributed by atoms with van der Waals surface area (Å²) in [6.45, 7) is 8.94. The zero-order valence-electron chi connectivity index (χ0n) is 12.2. The molecular weight excluding hydrogens is 232 g/mol. The highest BCUT2D eigenvalue weighted by Crippen LogP contribution is 2.15. The lowest BCUT2D eigenvalue weighted by atomic mass is 9.98. The third-order valence-electron chi connectivity index (χ3n) is 2.65. The molecule has 0 aliphatic carbocycles. The number of unbranched alkanes of at least 4 members (excludes halogenated alkanes) is 2. The predicted octanol–water partition coefficient (Wildman–Crippen LogP) is 3.29. The average molecular weight is 258 g/mol. The SMILES string of the molecule is CCCCCC(C)C(=O)OCOC(=O)C(C)(C)C. The Labute approximate surface area is 110 Å². The second-order valence-electron chi connectivity index (χ2n) is 5.66. The summed E-state index contributed by atoms with van der Waals surface area (Å²) in [4.78, 5) is 23.0. The summed E-state index contributed by atoms with van der Waals surface area (Å²) in [6.07, 6.45) is 4.09. The summed E-state index contributed by atoms with van der Waals surface area (Å²) in [5, 5.41) is 0. The van der Waals surface area contributed by atoms with Crippen molar-refractivity contribution in [3.8, 4) is 0 Å². The minimum Gasteiger partial charge on any atom is -0.428 e. The molecule has 0 aliphatic heterocycles. The van der Waals surface area contributed by atoms with E-state index in [9.17, 15) is 9.59 Å². The number of carbonyl (C=O) groups excluding carboxylic acids is 2. The molecule has 0 saturated carbocycles. The maximum atomic E-state index is 11.6. The molecule has 0 fully saturated rings. The molecule has 0 saturated heterocycles. The number of rotatable bonds is 7. The summed E-state index contributed by atoms with van der Waals surface area (Å²) in [5.74, 6) is -0.799. The molecule has 0 amide bonds. The zero-order valence-corrected chi connectivity index (χ0v) is 12.2. The Balaban J connectivity index is 3.80. The van der Waals surface area contributed by atoms with Crippen LogP contribution in [0.5, 0.6) is 0 Å².